The fourth-order valence-corrected chi connectivity index (χ4v) is 6.87. The zero-order chi connectivity index (χ0) is 33.4. The predicted molar refractivity (Wildman–Crippen MR) is 200 cm³/mol. The summed E-state index contributed by atoms with van der Waals surface area (Å²) >= 11 is 0. The smallest absolute Gasteiger partial charge is 0.0621 e. The number of pyridine rings is 1. The fraction of sp³-hybridized carbons (Fsp3) is 0.349. The van der Waals surface area contributed by atoms with Crippen LogP contribution in [0.25, 0.3) is 49.4 Å². The quantitative estimate of drug-likeness (QED) is 0.129. The van der Waals surface area contributed by atoms with Gasteiger partial charge in [0.15, 0.2) is 0 Å². The van der Waals surface area contributed by atoms with Gasteiger partial charge in [-0.1, -0.05) is 133 Å². The molecule has 0 saturated heterocycles. The van der Waals surface area contributed by atoms with Gasteiger partial charge in [0.1, 0.15) is 0 Å². The third-order valence-corrected chi connectivity index (χ3v) is 8.57. The van der Waals surface area contributed by atoms with Crippen LogP contribution in [0.2, 0.25) is 0 Å². The van der Waals surface area contributed by atoms with E-state index in [-0.39, 0.29) is 30.9 Å². The van der Waals surface area contributed by atoms with Crippen molar-refractivity contribution in [1.82, 2.24) is 4.98 Å². The molecule has 1 aromatic heterocycles. The van der Waals surface area contributed by atoms with Gasteiger partial charge < -0.3 is 5.32 Å². The summed E-state index contributed by atoms with van der Waals surface area (Å²) in [5, 5.41) is 8.07. The Balaban J connectivity index is 0.000000307. The Hall–Kier alpha value is -3.59. The van der Waals surface area contributed by atoms with E-state index in [9.17, 15) is 0 Å². The Labute approximate surface area is 296 Å². The molecule has 0 fully saturated rings. The SMILES string of the molecule is CC(/C=C(/C)[N-]C(C)C)=NC(C)C.CC(C)(C)c1cc(-c2nc3ccccc3c3c2-c2ccccc2C3(C)C)[c-]c2ccccc12.[Ir]. The maximum absolute atomic E-state index is 5.28. The number of benzene rings is 4. The van der Waals surface area contributed by atoms with Gasteiger partial charge in [-0.25, -0.2) is 0 Å². The normalized spacial score (nSPS) is 14.1. The number of allylic oxidation sites excluding steroid dienone is 2. The third-order valence-electron chi connectivity index (χ3n) is 8.57. The molecule has 0 amide bonds. The van der Waals surface area contributed by atoms with Gasteiger partial charge >= 0.3 is 0 Å². The number of nitrogens with zero attached hydrogens (tertiary/aromatic N) is 3. The van der Waals surface area contributed by atoms with Gasteiger partial charge in [-0.15, -0.1) is 35.2 Å². The zero-order valence-corrected chi connectivity index (χ0v) is 32.3. The molecule has 0 atom stereocenters. The molecular weight excluding hydrogens is 751 g/mol. The van der Waals surface area contributed by atoms with Crippen molar-refractivity contribution in [2.45, 2.75) is 99.1 Å². The van der Waals surface area contributed by atoms with Crippen molar-refractivity contribution < 1.29 is 20.1 Å². The summed E-state index contributed by atoms with van der Waals surface area (Å²) in [6.45, 7) is 23.9. The van der Waals surface area contributed by atoms with Gasteiger partial charge in [-0.05, 0) is 54.5 Å². The number of hydrogen-bond acceptors (Lipinski definition) is 2. The Morgan fingerprint density at radius 2 is 1.49 bits per heavy atom. The van der Waals surface area contributed by atoms with Gasteiger partial charge in [0.05, 0.1) is 5.52 Å². The standard InChI is InChI=1S/C32H28N.C11H21N2.Ir/c1-31(2,3)26-19-21(18-20-12-6-7-13-22(20)26)30-28-23-14-8-10-16-25(23)32(4,5)29(28)24-15-9-11-17-27(24)33-30;1-8(2)12-10(5)7-11(6)13-9(3)4;/h6-17,19H,1-5H3;7-9H,1-6H3;/q2*-1;/b;10-7-,13-11?;. The van der Waals surface area contributed by atoms with Crippen molar-refractivity contribution in [3.63, 3.8) is 0 Å². The molecule has 0 bridgehead atoms. The monoisotopic (exact) mass is 800 g/mol. The number of aliphatic imine (C=N–C) groups is 1. The molecule has 1 radical (unpaired) electrons. The number of aromatic nitrogens is 1. The van der Waals surface area contributed by atoms with Crippen molar-refractivity contribution in [3.05, 3.63) is 119 Å². The van der Waals surface area contributed by atoms with Crippen molar-refractivity contribution in [1.29, 1.82) is 0 Å². The van der Waals surface area contributed by atoms with Gasteiger partial charge in [0, 0.05) is 48.4 Å². The van der Waals surface area contributed by atoms with E-state index >= 15 is 0 Å². The maximum Gasteiger partial charge on any atom is 0.0621 e. The Morgan fingerprint density at radius 1 is 0.872 bits per heavy atom. The Morgan fingerprint density at radius 3 is 2.15 bits per heavy atom. The van der Waals surface area contributed by atoms with Crippen molar-refractivity contribution in [3.8, 4) is 22.4 Å². The molecule has 0 aliphatic heterocycles. The van der Waals surface area contributed by atoms with E-state index < -0.39 is 0 Å². The molecule has 0 saturated carbocycles. The van der Waals surface area contributed by atoms with Crippen LogP contribution in [0.1, 0.15) is 92.9 Å². The van der Waals surface area contributed by atoms with Crippen molar-refractivity contribution in [2.75, 3.05) is 0 Å². The summed E-state index contributed by atoms with van der Waals surface area (Å²) in [7, 11) is 0. The van der Waals surface area contributed by atoms with E-state index in [1.165, 1.54) is 38.6 Å². The van der Waals surface area contributed by atoms with Crippen LogP contribution in [0.4, 0.5) is 0 Å². The van der Waals surface area contributed by atoms with E-state index in [2.05, 4.69) is 158 Å². The average molecular weight is 800 g/mol. The molecule has 0 spiro atoms. The number of para-hydroxylation sites is 1. The Bertz CT molecular complexity index is 1950. The zero-order valence-electron chi connectivity index (χ0n) is 29.9. The number of rotatable bonds is 5. The molecule has 3 nitrogen and oxygen atoms in total. The van der Waals surface area contributed by atoms with Gasteiger partial charge in [0.2, 0.25) is 0 Å². The molecule has 0 N–H and O–H groups in total. The topological polar surface area (TPSA) is 39.4 Å². The molecule has 5 aromatic rings. The van der Waals surface area contributed by atoms with Crippen LogP contribution in [0.5, 0.6) is 0 Å². The number of hydrogen-bond donors (Lipinski definition) is 0. The summed E-state index contributed by atoms with van der Waals surface area (Å²) in [4.78, 5) is 9.69. The molecule has 4 heteroatoms. The minimum atomic E-state index is -0.0904. The molecule has 247 valence electrons. The second kappa shape index (κ2) is 14.3. The first kappa shape index (κ1) is 36.2. The first-order valence-electron chi connectivity index (χ1n) is 16.6. The second-order valence-corrected chi connectivity index (χ2v) is 14.7. The summed E-state index contributed by atoms with van der Waals surface area (Å²) in [5.74, 6) is 0. The van der Waals surface area contributed by atoms with Crippen LogP contribution in [-0.2, 0) is 30.9 Å². The van der Waals surface area contributed by atoms with Crippen LogP contribution < -0.4 is 0 Å². The van der Waals surface area contributed by atoms with Gasteiger partial charge in [-0.2, -0.15) is 5.70 Å². The minimum absolute atomic E-state index is 0. The van der Waals surface area contributed by atoms with Crippen molar-refractivity contribution in [2.24, 2.45) is 4.99 Å². The molecule has 1 aliphatic carbocycles. The van der Waals surface area contributed by atoms with E-state index in [1.807, 2.05) is 19.9 Å². The fourth-order valence-electron chi connectivity index (χ4n) is 6.87. The van der Waals surface area contributed by atoms with Gasteiger partial charge in [-0.3, -0.25) is 9.98 Å². The third kappa shape index (κ3) is 7.61. The summed E-state index contributed by atoms with van der Waals surface area (Å²) in [6, 6.07) is 32.8. The molecule has 4 aromatic carbocycles. The van der Waals surface area contributed by atoms with Crippen LogP contribution in [0.15, 0.2) is 95.6 Å². The second-order valence-electron chi connectivity index (χ2n) is 14.7. The van der Waals surface area contributed by atoms with Crippen molar-refractivity contribution >= 4 is 27.4 Å². The minimum Gasteiger partial charge on any atom is -0.686 e. The number of fused-ring (bicyclic) bond motifs is 6. The van der Waals surface area contributed by atoms with Crippen LogP contribution >= 0.6 is 0 Å². The predicted octanol–water partition coefficient (Wildman–Crippen LogP) is 12.0. The molecule has 1 aliphatic rings. The van der Waals surface area contributed by atoms with E-state index in [0.29, 0.717) is 12.1 Å². The molecule has 0 unspecified atom stereocenters. The summed E-state index contributed by atoms with van der Waals surface area (Å²) in [6.07, 6.45) is 2.03. The largest absolute Gasteiger partial charge is 0.686 e. The first-order chi connectivity index (χ1) is 21.7. The van der Waals surface area contributed by atoms with Crippen LogP contribution in [-0.4, -0.2) is 22.8 Å². The van der Waals surface area contributed by atoms with Gasteiger partial charge in [0.25, 0.3) is 0 Å². The summed E-state index contributed by atoms with van der Waals surface area (Å²) in [5.41, 5.74) is 11.8. The Kier molecular flexibility index (Phi) is 11.0. The first-order valence-corrected chi connectivity index (χ1v) is 16.6. The summed E-state index contributed by atoms with van der Waals surface area (Å²) < 4.78 is 0. The molecule has 6 rings (SSSR count). The van der Waals surface area contributed by atoms with E-state index in [1.54, 1.807) is 0 Å². The maximum atomic E-state index is 5.28. The van der Waals surface area contributed by atoms with E-state index in [0.717, 1.165) is 33.6 Å². The molecule has 1 heterocycles. The average Bonchev–Trinajstić information content (AvgIpc) is 3.22. The van der Waals surface area contributed by atoms with Crippen LogP contribution in [0.3, 0.4) is 0 Å². The molecular formula is C43H49IrN3-2. The van der Waals surface area contributed by atoms with Crippen LogP contribution in [0, 0.1) is 6.07 Å². The molecule has 47 heavy (non-hydrogen) atoms. The van der Waals surface area contributed by atoms with E-state index in [4.69, 9.17) is 4.98 Å².